The highest BCUT2D eigenvalue weighted by Crippen LogP contribution is 2.26. The number of aromatic nitrogens is 2. The molecular formula is C12H21F3N4O. The molecule has 0 aromatic carbocycles. The number of aliphatic hydroxyl groups is 1. The third-order valence-electron chi connectivity index (χ3n) is 2.90. The molecule has 0 aliphatic heterocycles. The van der Waals surface area contributed by atoms with E-state index in [1.807, 2.05) is 6.92 Å². The summed E-state index contributed by atoms with van der Waals surface area (Å²) in [6.07, 6.45) is -4.33. The van der Waals surface area contributed by atoms with E-state index in [1.165, 1.54) is 4.68 Å². The van der Waals surface area contributed by atoms with E-state index >= 15 is 0 Å². The molecular weight excluding hydrogens is 273 g/mol. The molecule has 116 valence electrons. The molecule has 0 fully saturated rings. The second-order valence-electron chi connectivity index (χ2n) is 4.55. The van der Waals surface area contributed by atoms with Gasteiger partial charge in [0.15, 0.2) is 0 Å². The predicted molar refractivity (Wildman–Crippen MR) is 70.7 cm³/mol. The zero-order valence-electron chi connectivity index (χ0n) is 12.0. The summed E-state index contributed by atoms with van der Waals surface area (Å²) >= 11 is 0. The van der Waals surface area contributed by atoms with E-state index in [4.69, 9.17) is 5.11 Å². The third kappa shape index (κ3) is 4.38. The summed E-state index contributed by atoms with van der Waals surface area (Å²) in [5.41, 5.74) is 1.42. The minimum absolute atomic E-state index is 0.0857. The SMILES string of the molecule is CCNCc1c(C)nn(C)c1N(CCO)CC(F)(F)F. The van der Waals surface area contributed by atoms with Gasteiger partial charge in [0.25, 0.3) is 0 Å². The van der Waals surface area contributed by atoms with Gasteiger partial charge < -0.3 is 15.3 Å². The summed E-state index contributed by atoms with van der Waals surface area (Å²) in [6.45, 7) is 3.32. The third-order valence-corrected chi connectivity index (χ3v) is 2.90. The van der Waals surface area contributed by atoms with Crippen molar-refractivity contribution in [1.29, 1.82) is 0 Å². The van der Waals surface area contributed by atoms with Crippen molar-refractivity contribution in [1.82, 2.24) is 15.1 Å². The Morgan fingerprint density at radius 3 is 2.55 bits per heavy atom. The molecule has 0 bridgehead atoms. The van der Waals surface area contributed by atoms with E-state index in [2.05, 4.69) is 10.4 Å². The number of alkyl halides is 3. The molecule has 2 N–H and O–H groups in total. The van der Waals surface area contributed by atoms with Crippen LogP contribution in [0.5, 0.6) is 0 Å². The summed E-state index contributed by atoms with van der Waals surface area (Å²) in [4.78, 5) is 1.12. The Labute approximate surface area is 116 Å². The second-order valence-corrected chi connectivity index (χ2v) is 4.55. The molecule has 0 spiro atoms. The fourth-order valence-corrected chi connectivity index (χ4v) is 2.14. The summed E-state index contributed by atoms with van der Waals surface area (Å²) in [7, 11) is 1.61. The normalized spacial score (nSPS) is 11.9. The van der Waals surface area contributed by atoms with Crippen LogP contribution in [0.2, 0.25) is 0 Å². The average molecular weight is 294 g/mol. The molecule has 0 aliphatic carbocycles. The molecule has 0 aliphatic rings. The molecule has 0 unspecified atom stereocenters. The number of aliphatic hydroxyl groups excluding tert-OH is 1. The van der Waals surface area contributed by atoms with Crippen LogP contribution >= 0.6 is 0 Å². The summed E-state index contributed by atoms with van der Waals surface area (Å²) in [5.74, 6) is 0.398. The van der Waals surface area contributed by atoms with Crippen molar-refractivity contribution in [2.45, 2.75) is 26.6 Å². The van der Waals surface area contributed by atoms with E-state index in [1.54, 1.807) is 14.0 Å². The lowest BCUT2D eigenvalue weighted by Gasteiger charge is -2.26. The smallest absolute Gasteiger partial charge is 0.395 e. The van der Waals surface area contributed by atoms with Gasteiger partial charge in [-0.3, -0.25) is 4.68 Å². The first-order chi connectivity index (χ1) is 9.30. The first-order valence-corrected chi connectivity index (χ1v) is 6.45. The van der Waals surface area contributed by atoms with Gasteiger partial charge in [-0.15, -0.1) is 0 Å². The van der Waals surface area contributed by atoms with Gasteiger partial charge in [0, 0.05) is 25.7 Å². The largest absolute Gasteiger partial charge is 0.405 e. The number of anilines is 1. The molecule has 1 aromatic heterocycles. The van der Waals surface area contributed by atoms with Crippen molar-refractivity contribution in [3.8, 4) is 0 Å². The van der Waals surface area contributed by atoms with Gasteiger partial charge in [-0.2, -0.15) is 18.3 Å². The molecule has 20 heavy (non-hydrogen) atoms. The van der Waals surface area contributed by atoms with E-state index in [0.717, 1.165) is 10.5 Å². The van der Waals surface area contributed by atoms with Crippen molar-refractivity contribution < 1.29 is 18.3 Å². The van der Waals surface area contributed by atoms with Crippen molar-refractivity contribution in [3.63, 3.8) is 0 Å². The van der Waals surface area contributed by atoms with Crippen molar-refractivity contribution in [3.05, 3.63) is 11.3 Å². The highest BCUT2D eigenvalue weighted by molar-refractivity contribution is 5.50. The van der Waals surface area contributed by atoms with E-state index < -0.39 is 12.7 Å². The van der Waals surface area contributed by atoms with Gasteiger partial charge in [0.05, 0.1) is 12.3 Å². The Morgan fingerprint density at radius 1 is 1.40 bits per heavy atom. The van der Waals surface area contributed by atoms with Crippen molar-refractivity contribution in [2.75, 3.05) is 31.1 Å². The van der Waals surface area contributed by atoms with Crippen molar-refractivity contribution >= 4 is 5.82 Å². The minimum atomic E-state index is -4.33. The number of hydrogen-bond acceptors (Lipinski definition) is 4. The van der Waals surface area contributed by atoms with Crippen LogP contribution in [-0.4, -0.2) is 47.3 Å². The van der Waals surface area contributed by atoms with Crippen molar-refractivity contribution in [2.24, 2.45) is 7.05 Å². The van der Waals surface area contributed by atoms with E-state index in [0.29, 0.717) is 24.6 Å². The molecule has 1 heterocycles. The molecule has 0 amide bonds. The number of nitrogens with zero attached hydrogens (tertiary/aromatic N) is 3. The molecule has 1 rings (SSSR count). The number of halogens is 3. The molecule has 0 atom stereocenters. The number of nitrogens with one attached hydrogen (secondary N) is 1. The Hall–Kier alpha value is -1.28. The lowest BCUT2D eigenvalue weighted by molar-refractivity contribution is -0.120. The summed E-state index contributed by atoms with van der Waals surface area (Å²) in [6, 6.07) is 0. The fourth-order valence-electron chi connectivity index (χ4n) is 2.14. The van der Waals surface area contributed by atoms with Gasteiger partial charge in [0.2, 0.25) is 0 Å². The minimum Gasteiger partial charge on any atom is -0.395 e. The topological polar surface area (TPSA) is 53.3 Å². The van der Waals surface area contributed by atoms with E-state index in [-0.39, 0.29) is 13.2 Å². The Morgan fingerprint density at radius 2 is 2.05 bits per heavy atom. The summed E-state index contributed by atoms with van der Waals surface area (Å²) < 4.78 is 39.4. The fraction of sp³-hybridized carbons (Fsp3) is 0.750. The van der Waals surface area contributed by atoms with Crippen LogP contribution in [-0.2, 0) is 13.6 Å². The number of aryl methyl sites for hydroxylation is 2. The standard InChI is InChI=1S/C12H21F3N4O/c1-4-16-7-10-9(2)17-18(3)11(10)19(5-6-20)8-12(13,14)15/h16,20H,4-8H2,1-3H3. The lowest BCUT2D eigenvalue weighted by atomic mass is 10.2. The van der Waals surface area contributed by atoms with Crippen LogP contribution in [0.4, 0.5) is 19.0 Å². The Balaban J connectivity index is 3.10. The van der Waals surface area contributed by atoms with E-state index in [9.17, 15) is 13.2 Å². The Bertz CT molecular complexity index is 431. The van der Waals surface area contributed by atoms with Crippen LogP contribution in [0, 0.1) is 6.92 Å². The van der Waals surface area contributed by atoms with Crippen LogP contribution < -0.4 is 10.2 Å². The first-order valence-electron chi connectivity index (χ1n) is 6.45. The van der Waals surface area contributed by atoms with Crippen LogP contribution in [0.1, 0.15) is 18.2 Å². The summed E-state index contributed by atoms with van der Waals surface area (Å²) in [5, 5.41) is 16.3. The molecule has 0 saturated heterocycles. The molecule has 0 saturated carbocycles. The van der Waals surface area contributed by atoms with Gasteiger partial charge >= 0.3 is 6.18 Å². The lowest BCUT2D eigenvalue weighted by Crippen LogP contribution is -2.38. The second kappa shape index (κ2) is 6.94. The monoisotopic (exact) mass is 294 g/mol. The maximum Gasteiger partial charge on any atom is 0.405 e. The van der Waals surface area contributed by atoms with Gasteiger partial charge in [0.1, 0.15) is 12.4 Å². The molecule has 0 radical (unpaired) electrons. The maximum atomic E-state index is 12.7. The highest BCUT2D eigenvalue weighted by atomic mass is 19.4. The van der Waals surface area contributed by atoms with Gasteiger partial charge in [-0.05, 0) is 13.5 Å². The highest BCUT2D eigenvalue weighted by Gasteiger charge is 2.33. The van der Waals surface area contributed by atoms with Gasteiger partial charge in [-0.25, -0.2) is 0 Å². The predicted octanol–water partition coefficient (Wildman–Crippen LogP) is 1.20. The zero-order valence-corrected chi connectivity index (χ0v) is 12.0. The first kappa shape index (κ1) is 16.8. The maximum absolute atomic E-state index is 12.7. The molecule has 5 nitrogen and oxygen atoms in total. The molecule has 1 aromatic rings. The number of hydrogen-bond donors (Lipinski definition) is 2. The van der Waals surface area contributed by atoms with Crippen LogP contribution in [0.3, 0.4) is 0 Å². The van der Waals surface area contributed by atoms with Crippen LogP contribution in [0.15, 0.2) is 0 Å². The van der Waals surface area contributed by atoms with Gasteiger partial charge in [-0.1, -0.05) is 6.92 Å². The average Bonchev–Trinajstić information content (AvgIpc) is 2.59. The Kier molecular flexibility index (Phi) is 5.82. The van der Waals surface area contributed by atoms with Crippen LogP contribution in [0.25, 0.3) is 0 Å². The zero-order chi connectivity index (χ0) is 15.3. The quantitative estimate of drug-likeness (QED) is 0.793. The molecule has 8 heteroatoms. The number of rotatable bonds is 7.